The van der Waals surface area contributed by atoms with Gasteiger partial charge >= 0.3 is 0 Å². The first kappa shape index (κ1) is 15.7. The Morgan fingerprint density at radius 3 is 2.92 bits per heavy atom. The average Bonchev–Trinajstić information content (AvgIpc) is 2.83. The van der Waals surface area contributed by atoms with Crippen molar-refractivity contribution in [2.45, 2.75) is 39.4 Å². The van der Waals surface area contributed by atoms with Crippen LogP contribution in [0, 0.1) is 0 Å². The minimum absolute atomic E-state index is 0.623. The third-order valence-corrected chi connectivity index (χ3v) is 4.77. The first-order valence-electron chi connectivity index (χ1n) is 8.46. The van der Waals surface area contributed by atoms with E-state index in [1.165, 1.54) is 0 Å². The second-order valence-electron chi connectivity index (χ2n) is 6.20. The summed E-state index contributed by atoms with van der Waals surface area (Å²) in [4.78, 5) is 2.36. The Morgan fingerprint density at radius 2 is 2.04 bits per heavy atom. The number of benzene rings is 1. The number of nitrogens with zero attached hydrogens (tertiary/aromatic N) is 4. The van der Waals surface area contributed by atoms with Gasteiger partial charge in [0.2, 0.25) is 0 Å². The molecular formula is C17H21ClN4O2. The molecule has 0 saturated carbocycles. The Hall–Kier alpha value is -1.79. The van der Waals surface area contributed by atoms with Crippen molar-refractivity contribution in [1.82, 2.24) is 19.7 Å². The molecule has 1 aromatic heterocycles. The van der Waals surface area contributed by atoms with Crippen LogP contribution in [0.1, 0.15) is 30.6 Å². The predicted molar refractivity (Wildman–Crippen MR) is 90.6 cm³/mol. The topological polar surface area (TPSA) is 52.4 Å². The standard InChI is InChI=1S/C17H21ClN4O2/c1-2-15-19-20-16-11-21(4-5-22(15)16)10-12-8-13(18)17-14(9-12)23-6-3-7-24-17/h8-9H,2-7,10-11H2,1H3. The molecule has 0 unspecified atom stereocenters. The molecule has 0 N–H and O–H groups in total. The van der Waals surface area contributed by atoms with Gasteiger partial charge in [-0.3, -0.25) is 4.90 Å². The van der Waals surface area contributed by atoms with E-state index in [0.29, 0.717) is 24.0 Å². The van der Waals surface area contributed by atoms with Crippen LogP contribution < -0.4 is 9.47 Å². The number of ether oxygens (including phenoxy) is 2. The molecule has 0 bridgehead atoms. The van der Waals surface area contributed by atoms with Gasteiger partial charge in [-0.15, -0.1) is 10.2 Å². The van der Waals surface area contributed by atoms with Gasteiger partial charge < -0.3 is 14.0 Å². The molecule has 6 nitrogen and oxygen atoms in total. The van der Waals surface area contributed by atoms with Crippen LogP contribution in [0.4, 0.5) is 0 Å². The lowest BCUT2D eigenvalue weighted by atomic mass is 10.1. The molecule has 0 fully saturated rings. The maximum Gasteiger partial charge on any atom is 0.179 e. The Labute approximate surface area is 146 Å². The van der Waals surface area contributed by atoms with Gasteiger partial charge in [-0.05, 0) is 17.7 Å². The Bertz CT molecular complexity index is 746. The normalized spacial score (nSPS) is 17.4. The van der Waals surface area contributed by atoms with Crippen molar-refractivity contribution in [3.05, 3.63) is 34.4 Å². The van der Waals surface area contributed by atoms with Gasteiger partial charge in [0.15, 0.2) is 11.5 Å². The first-order chi connectivity index (χ1) is 11.7. The van der Waals surface area contributed by atoms with Crippen LogP contribution in [-0.2, 0) is 26.1 Å². The molecule has 24 heavy (non-hydrogen) atoms. The van der Waals surface area contributed by atoms with Gasteiger partial charge in [0.1, 0.15) is 11.6 Å². The van der Waals surface area contributed by atoms with Gasteiger partial charge in [-0.25, -0.2) is 0 Å². The zero-order valence-corrected chi connectivity index (χ0v) is 14.6. The molecular weight excluding hydrogens is 328 g/mol. The molecule has 2 aromatic rings. The molecule has 4 rings (SSSR count). The Balaban J connectivity index is 1.52. The molecule has 0 amide bonds. The number of rotatable bonds is 3. The molecule has 1 aromatic carbocycles. The Morgan fingerprint density at radius 1 is 1.17 bits per heavy atom. The molecule has 0 aliphatic carbocycles. The molecule has 2 aliphatic rings. The monoisotopic (exact) mass is 348 g/mol. The van der Waals surface area contributed by atoms with Crippen molar-refractivity contribution in [2.75, 3.05) is 19.8 Å². The van der Waals surface area contributed by atoms with Crippen LogP contribution in [0.2, 0.25) is 5.02 Å². The van der Waals surface area contributed by atoms with Crippen LogP contribution in [0.3, 0.4) is 0 Å². The van der Waals surface area contributed by atoms with Gasteiger partial charge in [0, 0.05) is 32.5 Å². The molecule has 128 valence electrons. The highest BCUT2D eigenvalue weighted by Gasteiger charge is 2.22. The second-order valence-corrected chi connectivity index (χ2v) is 6.61. The highest BCUT2D eigenvalue weighted by atomic mass is 35.5. The largest absolute Gasteiger partial charge is 0.489 e. The fraction of sp³-hybridized carbons (Fsp3) is 0.529. The van der Waals surface area contributed by atoms with E-state index in [9.17, 15) is 0 Å². The lowest BCUT2D eigenvalue weighted by molar-refractivity contribution is 0.207. The first-order valence-corrected chi connectivity index (χ1v) is 8.83. The van der Waals surface area contributed by atoms with Crippen LogP contribution >= 0.6 is 11.6 Å². The zero-order chi connectivity index (χ0) is 16.5. The SMILES string of the molecule is CCc1nnc2n1CCN(Cc1cc(Cl)c3c(c1)OCCCO3)C2. The molecule has 0 saturated heterocycles. The Kier molecular flexibility index (Phi) is 4.33. The van der Waals surface area contributed by atoms with Crippen molar-refractivity contribution in [1.29, 1.82) is 0 Å². The predicted octanol–water partition coefficient (Wildman–Crippen LogP) is 2.67. The van der Waals surface area contributed by atoms with E-state index in [-0.39, 0.29) is 0 Å². The van der Waals surface area contributed by atoms with Gasteiger partial charge in [0.05, 0.1) is 24.8 Å². The molecule has 0 radical (unpaired) electrons. The summed E-state index contributed by atoms with van der Waals surface area (Å²) in [5, 5.41) is 9.21. The maximum atomic E-state index is 6.39. The van der Waals surface area contributed by atoms with Crippen molar-refractivity contribution in [3.63, 3.8) is 0 Å². The van der Waals surface area contributed by atoms with Crippen LogP contribution in [0.5, 0.6) is 11.5 Å². The van der Waals surface area contributed by atoms with E-state index in [1.54, 1.807) is 0 Å². The summed E-state index contributed by atoms with van der Waals surface area (Å²) in [5.41, 5.74) is 1.13. The molecule has 2 aliphatic heterocycles. The number of aryl methyl sites for hydroxylation is 1. The molecule has 7 heteroatoms. The van der Waals surface area contributed by atoms with Gasteiger partial charge in [0.25, 0.3) is 0 Å². The van der Waals surface area contributed by atoms with Crippen molar-refractivity contribution >= 4 is 11.6 Å². The summed E-state index contributed by atoms with van der Waals surface area (Å²) in [6.45, 7) is 6.95. The van der Waals surface area contributed by atoms with E-state index < -0.39 is 0 Å². The van der Waals surface area contributed by atoms with E-state index in [4.69, 9.17) is 21.1 Å². The number of halogens is 1. The molecule has 0 spiro atoms. The average molecular weight is 349 g/mol. The lowest BCUT2D eigenvalue weighted by Crippen LogP contribution is -2.33. The quantitative estimate of drug-likeness (QED) is 0.853. The van der Waals surface area contributed by atoms with E-state index in [2.05, 4.69) is 26.6 Å². The fourth-order valence-corrected chi connectivity index (χ4v) is 3.59. The number of hydrogen-bond donors (Lipinski definition) is 0. The number of hydrogen-bond acceptors (Lipinski definition) is 5. The third-order valence-electron chi connectivity index (χ3n) is 4.49. The van der Waals surface area contributed by atoms with Crippen LogP contribution in [0.25, 0.3) is 0 Å². The van der Waals surface area contributed by atoms with Crippen molar-refractivity contribution < 1.29 is 9.47 Å². The third kappa shape index (κ3) is 2.96. The maximum absolute atomic E-state index is 6.39. The highest BCUT2D eigenvalue weighted by Crippen LogP contribution is 2.38. The summed E-state index contributed by atoms with van der Waals surface area (Å²) in [6.07, 6.45) is 1.80. The van der Waals surface area contributed by atoms with Crippen LogP contribution in [-0.4, -0.2) is 39.4 Å². The highest BCUT2D eigenvalue weighted by molar-refractivity contribution is 6.32. The fourth-order valence-electron chi connectivity index (χ4n) is 3.30. The van der Waals surface area contributed by atoms with Gasteiger partial charge in [-0.1, -0.05) is 18.5 Å². The lowest BCUT2D eigenvalue weighted by Gasteiger charge is -2.28. The summed E-state index contributed by atoms with van der Waals surface area (Å²) < 4.78 is 13.7. The second kappa shape index (κ2) is 6.61. The van der Waals surface area contributed by atoms with E-state index in [1.807, 2.05) is 12.1 Å². The smallest absolute Gasteiger partial charge is 0.179 e. The van der Waals surface area contributed by atoms with Crippen LogP contribution in [0.15, 0.2) is 12.1 Å². The summed E-state index contributed by atoms with van der Waals surface area (Å²) in [6, 6.07) is 4.02. The van der Waals surface area contributed by atoms with Crippen molar-refractivity contribution in [3.8, 4) is 11.5 Å². The van der Waals surface area contributed by atoms with E-state index in [0.717, 1.165) is 62.0 Å². The van der Waals surface area contributed by atoms with Gasteiger partial charge in [-0.2, -0.15) is 0 Å². The number of fused-ring (bicyclic) bond motifs is 2. The molecule has 0 atom stereocenters. The molecule has 3 heterocycles. The number of aromatic nitrogens is 3. The summed E-state index contributed by atoms with van der Waals surface area (Å²) in [7, 11) is 0. The zero-order valence-electron chi connectivity index (χ0n) is 13.8. The summed E-state index contributed by atoms with van der Waals surface area (Å²) in [5.74, 6) is 3.54. The summed E-state index contributed by atoms with van der Waals surface area (Å²) >= 11 is 6.39. The van der Waals surface area contributed by atoms with E-state index >= 15 is 0 Å². The van der Waals surface area contributed by atoms with Crippen molar-refractivity contribution in [2.24, 2.45) is 0 Å². The minimum atomic E-state index is 0.623. The minimum Gasteiger partial charge on any atom is -0.489 e.